The summed E-state index contributed by atoms with van der Waals surface area (Å²) < 4.78 is 26.1. The van der Waals surface area contributed by atoms with Crippen LogP contribution in [0.3, 0.4) is 0 Å². The maximum atomic E-state index is 13.1. The molecule has 2 aliphatic rings. The minimum atomic E-state index is -3.71. The number of fused-ring (bicyclic) bond motifs is 2. The van der Waals surface area contributed by atoms with E-state index < -0.39 is 15.1 Å². The molecule has 29 heavy (non-hydrogen) atoms. The fourth-order valence-electron chi connectivity index (χ4n) is 3.73. The van der Waals surface area contributed by atoms with Crippen LogP contribution in [0.2, 0.25) is 0 Å². The van der Waals surface area contributed by atoms with Crippen molar-refractivity contribution in [1.29, 1.82) is 0 Å². The molecule has 8 heteroatoms. The number of thioether (sulfide) groups is 1. The summed E-state index contributed by atoms with van der Waals surface area (Å²) in [6.45, 7) is 2.17. The molecular weight excluding hydrogens is 408 g/mol. The molecule has 4 rings (SSSR count). The molecule has 2 heterocycles. The van der Waals surface area contributed by atoms with Crippen LogP contribution in [0.1, 0.15) is 25.3 Å². The Bertz CT molecular complexity index is 1080. The summed E-state index contributed by atoms with van der Waals surface area (Å²) in [5.74, 6) is -0.0134. The average molecular weight is 431 g/mol. The van der Waals surface area contributed by atoms with E-state index in [0.717, 1.165) is 29.0 Å². The van der Waals surface area contributed by atoms with Crippen molar-refractivity contribution >= 4 is 44.8 Å². The number of sulfone groups is 1. The topological polar surface area (TPSA) is 83.6 Å². The van der Waals surface area contributed by atoms with Crippen LogP contribution in [0.15, 0.2) is 52.3 Å². The number of hydrogen-bond donors (Lipinski definition) is 1. The predicted octanol–water partition coefficient (Wildman–Crippen LogP) is 3.26. The quantitative estimate of drug-likeness (QED) is 0.805. The van der Waals surface area contributed by atoms with E-state index in [0.29, 0.717) is 18.0 Å². The van der Waals surface area contributed by atoms with Gasteiger partial charge in [0.15, 0.2) is 9.84 Å². The molecule has 1 N–H and O–H groups in total. The first-order valence-corrected chi connectivity index (χ1v) is 12.1. The second-order valence-corrected chi connectivity index (χ2v) is 10.7. The van der Waals surface area contributed by atoms with Gasteiger partial charge in [-0.2, -0.15) is 0 Å². The Balaban J connectivity index is 1.54. The van der Waals surface area contributed by atoms with Gasteiger partial charge in [0.25, 0.3) is 0 Å². The summed E-state index contributed by atoms with van der Waals surface area (Å²) in [6.07, 6.45) is 1.70. The monoisotopic (exact) mass is 430 g/mol. The van der Waals surface area contributed by atoms with Crippen molar-refractivity contribution in [2.45, 2.75) is 41.2 Å². The van der Waals surface area contributed by atoms with Crippen molar-refractivity contribution in [3.05, 3.63) is 48.0 Å². The SMILES string of the molecule is CC(CC(=O)N1CCCc2ccccc21)S(=O)(=O)c1ccc2c(c1)NC(=O)CS2. The van der Waals surface area contributed by atoms with E-state index in [1.54, 1.807) is 24.0 Å². The zero-order valence-corrected chi connectivity index (χ0v) is 17.7. The molecule has 152 valence electrons. The molecule has 0 fully saturated rings. The first-order valence-electron chi connectivity index (χ1n) is 9.55. The third-order valence-electron chi connectivity index (χ3n) is 5.32. The average Bonchev–Trinajstić information content (AvgIpc) is 2.72. The predicted molar refractivity (Wildman–Crippen MR) is 114 cm³/mol. The van der Waals surface area contributed by atoms with Gasteiger partial charge >= 0.3 is 0 Å². The number of hydrogen-bond acceptors (Lipinski definition) is 5. The largest absolute Gasteiger partial charge is 0.324 e. The highest BCUT2D eigenvalue weighted by Crippen LogP contribution is 2.34. The minimum absolute atomic E-state index is 0.0884. The number of anilines is 2. The molecule has 0 aliphatic carbocycles. The fraction of sp³-hybridized carbons (Fsp3) is 0.333. The second kappa shape index (κ2) is 7.84. The molecule has 1 unspecified atom stereocenters. The van der Waals surface area contributed by atoms with Crippen molar-refractivity contribution < 1.29 is 18.0 Å². The number of para-hydroxylation sites is 1. The van der Waals surface area contributed by atoms with E-state index >= 15 is 0 Å². The van der Waals surface area contributed by atoms with Gasteiger partial charge < -0.3 is 10.2 Å². The highest BCUT2D eigenvalue weighted by atomic mass is 32.2. The molecule has 6 nitrogen and oxygen atoms in total. The molecule has 2 aromatic rings. The summed E-state index contributed by atoms with van der Waals surface area (Å²) in [6, 6.07) is 12.5. The molecule has 0 saturated heterocycles. The third-order valence-corrected chi connectivity index (χ3v) is 8.53. The van der Waals surface area contributed by atoms with Gasteiger partial charge in [0.2, 0.25) is 11.8 Å². The molecule has 2 aromatic carbocycles. The Morgan fingerprint density at radius 1 is 1.24 bits per heavy atom. The van der Waals surface area contributed by atoms with E-state index in [-0.39, 0.29) is 23.1 Å². The normalized spacial score (nSPS) is 17.1. The molecule has 0 aromatic heterocycles. The van der Waals surface area contributed by atoms with E-state index in [2.05, 4.69) is 5.32 Å². The standard InChI is InChI=1S/C21H22N2O4S2/c1-14(11-21(25)23-10-4-6-15-5-2-3-7-18(15)23)29(26,27)16-8-9-19-17(12-16)22-20(24)13-28-19/h2-3,5,7-9,12,14H,4,6,10-11,13H2,1H3,(H,22,24). The van der Waals surface area contributed by atoms with Crippen LogP contribution >= 0.6 is 11.8 Å². The van der Waals surface area contributed by atoms with E-state index in [4.69, 9.17) is 0 Å². The number of rotatable bonds is 4. The van der Waals surface area contributed by atoms with Crippen molar-refractivity contribution in [1.82, 2.24) is 0 Å². The summed E-state index contributed by atoms with van der Waals surface area (Å²) in [5, 5.41) is 1.85. The number of aryl methyl sites for hydroxylation is 1. The van der Waals surface area contributed by atoms with E-state index in [1.165, 1.54) is 17.8 Å². The molecule has 2 amide bonds. The molecule has 2 aliphatic heterocycles. The first-order chi connectivity index (χ1) is 13.9. The van der Waals surface area contributed by atoms with Gasteiger partial charge in [-0.05, 0) is 49.6 Å². The highest BCUT2D eigenvalue weighted by molar-refractivity contribution is 8.00. The highest BCUT2D eigenvalue weighted by Gasteiger charge is 2.30. The van der Waals surface area contributed by atoms with Crippen molar-refractivity contribution in [2.75, 3.05) is 22.5 Å². The molecular formula is C21H22N2O4S2. The molecule has 0 saturated carbocycles. The lowest BCUT2D eigenvalue weighted by molar-refractivity contribution is -0.118. The smallest absolute Gasteiger partial charge is 0.234 e. The number of benzene rings is 2. The van der Waals surface area contributed by atoms with Gasteiger partial charge in [0, 0.05) is 23.5 Å². The Kier molecular flexibility index (Phi) is 5.40. The third kappa shape index (κ3) is 3.91. The van der Waals surface area contributed by atoms with Crippen LogP contribution in [0, 0.1) is 0 Å². The summed E-state index contributed by atoms with van der Waals surface area (Å²) in [5.41, 5.74) is 2.50. The van der Waals surface area contributed by atoms with E-state index in [1.807, 2.05) is 24.3 Å². The van der Waals surface area contributed by atoms with Gasteiger partial charge in [-0.15, -0.1) is 11.8 Å². The van der Waals surface area contributed by atoms with Crippen LogP contribution < -0.4 is 10.2 Å². The van der Waals surface area contributed by atoms with Gasteiger partial charge in [0.05, 0.1) is 21.6 Å². The number of nitrogens with zero attached hydrogens (tertiary/aromatic N) is 1. The van der Waals surface area contributed by atoms with Crippen molar-refractivity contribution in [3.63, 3.8) is 0 Å². The molecule has 0 bridgehead atoms. The number of carbonyl (C=O) groups excluding carboxylic acids is 2. The summed E-state index contributed by atoms with van der Waals surface area (Å²) >= 11 is 1.38. The lowest BCUT2D eigenvalue weighted by Gasteiger charge is -2.30. The zero-order valence-electron chi connectivity index (χ0n) is 16.1. The second-order valence-electron chi connectivity index (χ2n) is 7.33. The minimum Gasteiger partial charge on any atom is -0.324 e. The van der Waals surface area contributed by atoms with Gasteiger partial charge in [-0.25, -0.2) is 8.42 Å². The summed E-state index contributed by atoms with van der Waals surface area (Å²) in [7, 11) is -3.71. The van der Waals surface area contributed by atoms with Crippen LogP contribution in [-0.4, -0.2) is 37.8 Å². The van der Waals surface area contributed by atoms with Crippen LogP contribution in [0.4, 0.5) is 11.4 Å². The molecule has 0 radical (unpaired) electrons. The Morgan fingerprint density at radius 3 is 2.86 bits per heavy atom. The number of nitrogens with one attached hydrogen (secondary N) is 1. The number of amides is 2. The Morgan fingerprint density at radius 2 is 2.03 bits per heavy atom. The maximum absolute atomic E-state index is 13.1. The Hall–Kier alpha value is -2.32. The molecule has 1 atom stereocenters. The molecule has 0 spiro atoms. The maximum Gasteiger partial charge on any atom is 0.234 e. The van der Waals surface area contributed by atoms with Gasteiger partial charge in [0.1, 0.15) is 0 Å². The van der Waals surface area contributed by atoms with Crippen molar-refractivity contribution in [2.24, 2.45) is 0 Å². The van der Waals surface area contributed by atoms with Gasteiger partial charge in [-0.3, -0.25) is 9.59 Å². The van der Waals surface area contributed by atoms with Crippen LogP contribution in [-0.2, 0) is 25.8 Å². The van der Waals surface area contributed by atoms with Crippen molar-refractivity contribution in [3.8, 4) is 0 Å². The first kappa shape index (κ1) is 20.0. The fourth-order valence-corrected chi connectivity index (χ4v) is 5.88. The van der Waals surface area contributed by atoms with E-state index in [9.17, 15) is 18.0 Å². The number of carbonyl (C=O) groups is 2. The van der Waals surface area contributed by atoms with Crippen LogP contribution in [0.25, 0.3) is 0 Å². The lowest BCUT2D eigenvalue weighted by Crippen LogP contribution is -2.38. The Labute approximate surface area is 174 Å². The zero-order chi connectivity index (χ0) is 20.6. The van der Waals surface area contributed by atoms with Crippen LogP contribution in [0.5, 0.6) is 0 Å². The van der Waals surface area contributed by atoms with Gasteiger partial charge in [-0.1, -0.05) is 18.2 Å². The lowest BCUT2D eigenvalue weighted by atomic mass is 10.0. The summed E-state index contributed by atoms with van der Waals surface area (Å²) in [4.78, 5) is 27.2.